The van der Waals surface area contributed by atoms with E-state index in [9.17, 15) is 9.59 Å². The van der Waals surface area contributed by atoms with Crippen LogP contribution in [0.1, 0.15) is 39.7 Å². The molecule has 0 atom stereocenters. The fraction of sp³-hybridized carbons (Fsp3) is 0.619. The van der Waals surface area contributed by atoms with Crippen molar-refractivity contribution in [1.29, 1.82) is 0 Å². The van der Waals surface area contributed by atoms with Crippen molar-refractivity contribution in [3.05, 3.63) is 23.8 Å². The Bertz CT molecular complexity index is 677. The number of hydrogen-bond donors (Lipinski definition) is 1. The first kappa shape index (κ1) is 21.9. The van der Waals surface area contributed by atoms with Gasteiger partial charge in [-0.25, -0.2) is 4.79 Å². The van der Waals surface area contributed by atoms with Gasteiger partial charge in [0.05, 0.1) is 13.0 Å². The lowest BCUT2D eigenvalue weighted by molar-refractivity contribution is -0.142. The molecule has 0 saturated carbocycles. The summed E-state index contributed by atoms with van der Waals surface area (Å²) >= 11 is 0. The third kappa shape index (κ3) is 6.62. The van der Waals surface area contributed by atoms with Gasteiger partial charge >= 0.3 is 12.1 Å². The van der Waals surface area contributed by atoms with Gasteiger partial charge in [0.15, 0.2) is 0 Å². The predicted molar refractivity (Wildman–Crippen MR) is 111 cm³/mol. The maximum absolute atomic E-state index is 12.2. The van der Waals surface area contributed by atoms with Crippen molar-refractivity contribution < 1.29 is 19.1 Å². The molecule has 1 saturated heterocycles. The summed E-state index contributed by atoms with van der Waals surface area (Å²) in [6.45, 7) is 13.3. The van der Waals surface area contributed by atoms with E-state index in [0.717, 1.165) is 30.0 Å². The Morgan fingerprint density at radius 1 is 1.14 bits per heavy atom. The van der Waals surface area contributed by atoms with Gasteiger partial charge in [-0.1, -0.05) is 0 Å². The van der Waals surface area contributed by atoms with Gasteiger partial charge < -0.3 is 24.6 Å². The van der Waals surface area contributed by atoms with Crippen LogP contribution in [-0.4, -0.2) is 61.9 Å². The van der Waals surface area contributed by atoms with Crippen molar-refractivity contribution >= 4 is 23.4 Å². The smallest absolute Gasteiger partial charge is 0.410 e. The van der Waals surface area contributed by atoms with Crippen molar-refractivity contribution in [2.24, 2.45) is 0 Å². The van der Waals surface area contributed by atoms with Gasteiger partial charge in [0.25, 0.3) is 0 Å². The Morgan fingerprint density at radius 3 is 2.39 bits per heavy atom. The van der Waals surface area contributed by atoms with Crippen LogP contribution in [0.5, 0.6) is 0 Å². The predicted octanol–water partition coefficient (Wildman–Crippen LogP) is 3.42. The van der Waals surface area contributed by atoms with Gasteiger partial charge in [-0.3, -0.25) is 4.79 Å². The second-order valence-electron chi connectivity index (χ2n) is 7.94. The zero-order chi connectivity index (χ0) is 20.7. The Hall–Kier alpha value is -2.44. The second kappa shape index (κ2) is 9.66. The molecule has 1 N–H and O–H groups in total. The fourth-order valence-corrected chi connectivity index (χ4v) is 3.05. The van der Waals surface area contributed by atoms with E-state index in [0.29, 0.717) is 32.7 Å². The van der Waals surface area contributed by atoms with Crippen LogP contribution in [0.3, 0.4) is 0 Å². The maximum atomic E-state index is 12.2. The summed E-state index contributed by atoms with van der Waals surface area (Å²) in [6.07, 6.45) is 0.103. The van der Waals surface area contributed by atoms with E-state index < -0.39 is 5.60 Å². The first-order valence-electron chi connectivity index (χ1n) is 9.92. The molecule has 28 heavy (non-hydrogen) atoms. The highest BCUT2D eigenvalue weighted by Crippen LogP contribution is 2.24. The van der Waals surface area contributed by atoms with Crippen LogP contribution >= 0.6 is 0 Å². The van der Waals surface area contributed by atoms with Gasteiger partial charge in [-0.05, 0) is 58.4 Å². The van der Waals surface area contributed by atoms with E-state index in [1.165, 1.54) is 0 Å². The summed E-state index contributed by atoms with van der Waals surface area (Å²) in [7, 11) is 0. The largest absolute Gasteiger partial charge is 0.466 e. The normalized spacial score (nSPS) is 14.6. The van der Waals surface area contributed by atoms with Gasteiger partial charge in [0.2, 0.25) is 0 Å². The van der Waals surface area contributed by atoms with Crippen molar-refractivity contribution in [2.45, 2.75) is 46.6 Å². The number of aryl methyl sites for hydroxylation is 1. The van der Waals surface area contributed by atoms with Gasteiger partial charge in [-0.2, -0.15) is 0 Å². The molecular formula is C21H33N3O4. The van der Waals surface area contributed by atoms with Crippen LogP contribution in [0.2, 0.25) is 0 Å². The summed E-state index contributed by atoms with van der Waals surface area (Å²) in [5.74, 6) is -0.188. The summed E-state index contributed by atoms with van der Waals surface area (Å²) in [4.78, 5) is 27.7. The molecule has 156 valence electrons. The molecule has 0 bridgehead atoms. The summed E-state index contributed by atoms with van der Waals surface area (Å²) in [6, 6.07) is 6.24. The third-order valence-corrected chi connectivity index (χ3v) is 4.46. The van der Waals surface area contributed by atoms with Gasteiger partial charge in [0.1, 0.15) is 5.60 Å². The Balaban J connectivity index is 1.86. The third-order valence-electron chi connectivity index (χ3n) is 4.46. The molecule has 1 fully saturated rings. The summed E-state index contributed by atoms with van der Waals surface area (Å²) < 4.78 is 10.4. The van der Waals surface area contributed by atoms with Crippen molar-refractivity contribution in [3.8, 4) is 0 Å². The summed E-state index contributed by atoms with van der Waals surface area (Å²) in [5, 5.41) is 3.29. The Labute approximate surface area is 168 Å². The minimum absolute atomic E-state index is 0.188. The molecule has 2 rings (SSSR count). The Morgan fingerprint density at radius 2 is 1.82 bits per heavy atom. The topological polar surface area (TPSA) is 71.1 Å². The lowest BCUT2D eigenvalue weighted by Gasteiger charge is -2.37. The molecule has 7 nitrogen and oxygen atoms in total. The molecule has 0 radical (unpaired) electrons. The molecule has 0 aromatic heterocycles. The average molecular weight is 392 g/mol. The van der Waals surface area contributed by atoms with Crippen LogP contribution in [-0.2, 0) is 14.3 Å². The number of hydrogen-bond acceptors (Lipinski definition) is 6. The standard InChI is InChI=1S/C21H33N3O4/c1-6-27-19(25)9-10-22-18-8-7-17(15-16(18)2)23-11-13-24(14-12-23)20(26)28-21(3,4)5/h7-8,15,22H,6,9-14H2,1-5H3. The SMILES string of the molecule is CCOC(=O)CCNc1ccc(N2CCN(C(=O)OC(C)(C)C)CC2)cc1C. The molecule has 0 aliphatic carbocycles. The first-order chi connectivity index (χ1) is 13.2. The lowest BCUT2D eigenvalue weighted by Crippen LogP contribution is -2.50. The molecule has 7 heteroatoms. The quantitative estimate of drug-likeness (QED) is 0.750. The molecule has 1 aromatic carbocycles. The molecule has 1 heterocycles. The fourth-order valence-electron chi connectivity index (χ4n) is 3.05. The van der Waals surface area contributed by atoms with E-state index in [2.05, 4.69) is 22.3 Å². The van der Waals surface area contributed by atoms with Crippen LogP contribution in [0.4, 0.5) is 16.2 Å². The van der Waals surface area contributed by atoms with Gasteiger partial charge in [-0.15, -0.1) is 0 Å². The van der Waals surface area contributed by atoms with E-state index in [1.54, 1.807) is 4.90 Å². The molecule has 1 aromatic rings. The molecule has 1 aliphatic rings. The number of carbonyl (C=O) groups excluding carboxylic acids is 2. The molecule has 1 aliphatic heterocycles. The molecule has 1 amide bonds. The van der Waals surface area contributed by atoms with Crippen LogP contribution in [0.15, 0.2) is 18.2 Å². The van der Waals surface area contributed by atoms with E-state index in [-0.39, 0.29) is 12.1 Å². The highest BCUT2D eigenvalue weighted by atomic mass is 16.6. The van der Waals surface area contributed by atoms with E-state index >= 15 is 0 Å². The number of ether oxygens (including phenoxy) is 2. The maximum Gasteiger partial charge on any atom is 0.410 e. The number of esters is 1. The number of rotatable bonds is 6. The zero-order valence-corrected chi connectivity index (χ0v) is 17.7. The highest BCUT2D eigenvalue weighted by Gasteiger charge is 2.26. The number of piperazine rings is 1. The van der Waals surface area contributed by atoms with Crippen molar-refractivity contribution in [2.75, 3.05) is 49.5 Å². The zero-order valence-electron chi connectivity index (χ0n) is 17.7. The minimum atomic E-state index is -0.471. The molecular weight excluding hydrogens is 358 g/mol. The van der Waals surface area contributed by atoms with Crippen LogP contribution in [0.25, 0.3) is 0 Å². The molecule has 0 unspecified atom stereocenters. The summed E-state index contributed by atoms with van der Waals surface area (Å²) in [5.41, 5.74) is 2.80. The minimum Gasteiger partial charge on any atom is -0.466 e. The number of amides is 1. The second-order valence-corrected chi connectivity index (χ2v) is 7.94. The number of nitrogens with zero attached hydrogens (tertiary/aromatic N) is 2. The number of nitrogens with one attached hydrogen (secondary N) is 1. The van der Waals surface area contributed by atoms with E-state index in [1.807, 2.05) is 40.7 Å². The Kier molecular flexibility index (Phi) is 7.54. The first-order valence-corrected chi connectivity index (χ1v) is 9.92. The average Bonchev–Trinajstić information content (AvgIpc) is 2.62. The van der Waals surface area contributed by atoms with Crippen LogP contribution in [0, 0.1) is 6.92 Å². The van der Waals surface area contributed by atoms with E-state index in [4.69, 9.17) is 9.47 Å². The number of anilines is 2. The number of carbonyl (C=O) groups is 2. The number of benzene rings is 1. The lowest BCUT2D eigenvalue weighted by atomic mass is 10.1. The highest BCUT2D eigenvalue weighted by molar-refractivity contribution is 5.70. The molecule has 0 spiro atoms. The van der Waals surface area contributed by atoms with Crippen molar-refractivity contribution in [3.63, 3.8) is 0 Å². The van der Waals surface area contributed by atoms with Crippen LogP contribution < -0.4 is 10.2 Å². The monoisotopic (exact) mass is 391 g/mol. The van der Waals surface area contributed by atoms with Crippen molar-refractivity contribution in [1.82, 2.24) is 4.90 Å². The van der Waals surface area contributed by atoms with Gasteiger partial charge in [0, 0.05) is 44.1 Å².